The lowest BCUT2D eigenvalue weighted by atomic mass is 9.98. The molecule has 1 aliphatic heterocycles. The van der Waals surface area contributed by atoms with Crippen molar-refractivity contribution in [3.05, 3.63) is 113 Å². The van der Waals surface area contributed by atoms with Crippen LogP contribution in [-0.4, -0.2) is 37.5 Å². The van der Waals surface area contributed by atoms with Crippen molar-refractivity contribution in [1.82, 2.24) is 9.97 Å². The zero-order chi connectivity index (χ0) is 28.6. The largest absolute Gasteiger partial charge is 0.497 e. The summed E-state index contributed by atoms with van der Waals surface area (Å²) in [5.74, 6) is 1.20. The minimum absolute atomic E-state index is 0.212. The molecule has 1 N–H and O–H groups in total. The minimum atomic E-state index is -3.43. The molecule has 0 saturated heterocycles. The number of hydrogen-bond donors (Lipinski definition) is 1. The fraction of sp³-hybridized carbons (Fsp3) is 0.129. The second-order valence-electron chi connectivity index (χ2n) is 9.74. The van der Waals surface area contributed by atoms with E-state index < -0.39 is 10.0 Å². The fourth-order valence-electron chi connectivity index (χ4n) is 4.94. The maximum absolute atomic E-state index is 11.9. The summed E-state index contributed by atoms with van der Waals surface area (Å²) in [4.78, 5) is 9.95. The number of fused-ring (bicyclic) bond motifs is 1. The van der Waals surface area contributed by atoms with E-state index in [1.54, 1.807) is 25.3 Å². The third kappa shape index (κ3) is 5.73. The zero-order valence-corrected chi connectivity index (χ0v) is 23.9. The van der Waals surface area contributed by atoms with E-state index in [4.69, 9.17) is 31.4 Å². The Hall–Kier alpha value is -4.47. The van der Waals surface area contributed by atoms with Gasteiger partial charge in [0, 0.05) is 28.1 Å². The number of hydrazone groups is 1. The highest BCUT2D eigenvalue weighted by Gasteiger charge is 2.32. The van der Waals surface area contributed by atoms with Crippen molar-refractivity contribution in [2.75, 3.05) is 23.1 Å². The van der Waals surface area contributed by atoms with Crippen LogP contribution in [0.25, 0.3) is 22.2 Å². The van der Waals surface area contributed by atoms with E-state index >= 15 is 0 Å². The van der Waals surface area contributed by atoms with Crippen LogP contribution >= 0.6 is 11.6 Å². The van der Waals surface area contributed by atoms with Crippen LogP contribution in [-0.2, 0) is 10.0 Å². The number of anilines is 2. The summed E-state index contributed by atoms with van der Waals surface area (Å²) in [7, 11) is -1.79. The highest BCUT2D eigenvalue weighted by atomic mass is 35.5. The fourth-order valence-corrected chi connectivity index (χ4v) is 5.67. The second-order valence-corrected chi connectivity index (χ2v) is 11.9. The van der Waals surface area contributed by atoms with E-state index in [-0.39, 0.29) is 6.04 Å². The SMILES string of the molecule is COc1ccc(C2CC(c3cccc(NS(C)(=O)=O)c3)=NN2c2nc(-c3ccccc3)c3cc(Cl)ccc3n2)cc1. The Morgan fingerprint density at radius 2 is 1.66 bits per heavy atom. The van der Waals surface area contributed by atoms with Crippen LogP contribution in [0.3, 0.4) is 0 Å². The zero-order valence-electron chi connectivity index (χ0n) is 22.3. The van der Waals surface area contributed by atoms with Gasteiger partial charge in [0.05, 0.1) is 36.3 Å². The summed E-state index contributed by atoms with van der Waals surface area (Å²) >= 11 is 6.37. The number of nitrogens with zero attached hydrogens (tertiary/aromatic N) is 4. The number of nitrogens with one attached hydrogen (secondary N) is 1. The molecule has 1 atom stereocenters. The van der Waals surface area contributed by atoms with Crippen molar-refractivity contribution in [2.45, 2.75) is 12.5 Å². The molecule has 6 rings (SSSR count). The molecule has 4 aromatic carbocycles. The van der Waals surface area contributed by atoms with Gasteiger partial charge in [-0.05, 0) is 53.6 Å². The molecule has 41 heavy (non-hydrogen) atoms. The van der Waals surface area contributed by atoms with Crippen molar-refractivity contribution < 1.29 is 13.2 Å². The summed E-state index contributed by atoms with van der Waals surface area (Å²) in [5.41, 5.74) is 5.50. The highest BCUT2D eigenvalue weighted by Crippen LogP contribution is 2.38. The average molecular weight is 584 g/mol. The summed E-state index contributed by atoms with van der Waals surface area (Å²) in [6, 6.07) is 30.4. The molecule has 0 aliphatic carbocycles. The smallest absolute Gasteiger partial charge is 0.247 e. The van der Waals surface area contributed by atoms with Crippen LogP contribution in [0.2, 0.25) is 5.02 Å². The predicted octanol–water partition coefficient (Wildman–Crippen LogP) is 6.69. The lowest BCUT2D eigenvalue weighted by Crippen LogP contribution is -2.21. The molecule has 1 unspecified atom stereocenters. The number of ether oxygens (including phenoxy) is 1. The van der Waals surface area contributed by atoms with Crippen molar-refractivity contribution >= 4 is 49.9 Å². The summed E-state index contributed by atoms with van der Waals surface area (Å²) < 4.78 is 31.6. The van der Waals surface area contributed by atoms with Crippen LogP contribution in [0, 0.1) is 0 Å². The average Bonchev–Trinajstić information content (AvgIpc) is 3.42. The van der Waals surface area contributed by atoms with Gasteiger partial charge in [0.2, 0.25) is 16.0 Å². The summed E-state index contributed by atoms with van der Waals surface area (Å²) in [6.45, 7) is 0. The van der Waals surface area contributed by atoms with Crippen LogP contribution in [0.5, 0.6) is 5.75 Å². The first-order valence-corrected chi connectivity index (χ1v) is 15.2. The van der Waals surface area contributed by atoms with E-state index in [2.05, 4.69) is 4.72 Å². The maximum atomic E-state index is 11.9. The molecule has 0 radical (unpaired) electrons. The molecule has 0 saturated carbocycles. The number of hydrogen-bond acceptors (Lipinski definition) is 7. The molecule has 0 bridgehead atoms. The van der Waals surface area contributed by atoms with Gasteiger partial charge >= 0.3 is 0 Å². The molecule has 0 spiro atoms. The molecule has 206 valence electrons. The van der Waals surface area contributed by atoms with Gasteiger partial charge in [-0.15, -0.1) is 0 Å². The van der Waals surface area contributed by atoms with Crippen LogP contribution in [0.1, 0.15) is 23.6 Å². The van der Waals surface area contributed by atoms with Crippen LogP contribution in [0.15, 0.2) is 102 Å². The molecule has 0 amide bonds. The van der Waals surface area contributed by atoms with Gasteiger partial charge in [-0.25, -0.2) is 23.4 Å². The molecular formula is C31H26ClN5O3S. The predicted molar refractivity (Wildman–Crippen MR) is 164 cm³/mol. The Bertz CT molecular complexity index is 1880. The first kappa shape index (κ1) is 26.7. The van der Waals surface area contributed by atoms with Gasteiger partial charge in [-0.2, -0.15) is 5.10 Å². The van der Waals surface area contributed by atoms with Crippen molar-refractivity contribution in [3.8, 4) is 17.0 Å². The molecule has 5 aromatic rings. The summed E-state index contributed by atoms with van der Waals surface area (Å²) in [6.07, 6.45) is 1.68. The first-order valence-electron chi connectivity index (χ1n) is 12.9. The molecule has 1 aromatic heterocycles. The highest BCUT2D eigenvalue weighted by molar-refractivity contribution is 7.92. The minimum Gasteiger partial charge on any atom is -0.497 e. The topological polar surface area (TPSA) is 96.8 Å². The molecule has 8 nitrogen and oxygen atoms in total. The number of sulfonamides is 1. The van der Waals surface area contributed by atoms with Crippen molar-refractivity contribution in [2.24, 2.45) is 5.10 Å². The van der Waals surface area contributed by atoms with E-state index in [0.717, 1.165) is 51.0 Å². The Balaban J connectivity index is 1.50. The standard InChI is InChI=1S/C31H26ClN5O3S/c1-40-25-14-11-20(12-15-25)29-19-28(22-9-6-10-24(17-22)36-41(2,38)39)35-37(29)31-33-27-16-13-23(32)18-26(27)30(34-31)21-7-4-3-5-8-21/h3-18,29,36H,19H2,1-2H3. The number of aromatic nitrogens is 2. The lowest BCUT2D eigenvalue weighted by Gasteiger charge is -2.23. The monoisotopic (exact) mass is 583 g/mol. The van der Waals surface area contributed by atoms with Crippen LogP contribution in [0.4, 0.5) is 11.6 Å². The second kappa shape index (κ2) is 10.8. The van der Waals surface area contributed by atoms with E-state index in [1.807, 2.05) is 83.9 Å². The van der Waals surface area contributed by atoms with E-state index in [1.165, 1.54) is 0 Å². The molecule has 2 heterocycles. The van der Waals surface area contributed by atoms with Gasteiger partial charge in [-0.3, -0.25) is 4.72 Å². The Morgan fingerprint density at radius 3 is 2.39 bits per heavy atom. The van der Waals surface area contributed by atoms with E-state index in [0.29, 0.717) is 23.1 Å². The van der Waals surface area contributed by atoms with Crippen molar-refractivity contribution in [3.63, 3.8) is 0 Å². The first-order chi connectivity index (χ1) is 19.8. The Labute approximate surface area is 243 Å². The Kier molecular flexibility index (Phi) is 7.07. The van der Waals surface area contributed by atoms with Gasteiger partial charge < -0.3 is 4.74 Å². The van der Waals surface area contributed by atoms with Crippen LogP contribution < -0.4 is 14.5 Å². The normalized spacial score (nSPS) is 15.1. The Morgan fingerprint density at radius 1 is 0.902 bits per heavy atom. The third-order valence-corrected chi connectivity index (χ3v) is 7.65. The van der Waals surface area contributed by atoms with Gasteiger partial charge in [-0.1, -0.05) is 66.2 Å². The third-order valence-electron chi connectivity index (χ3n) is 6.81. The molecule has 1 aliphatic rings. The van der Waals surface area contributed by atoms with E-state index in [9.17, 15) is 8.42 Å². The molecule has 0 fully saturated rings. The molecule has 10 heteroatoms. The quantitative estimate of drug-likeness (QED) is 0.229. The van der Waals surface area contributed by atoms with Gasteiger partial charge in [0.25, 0.3) is 0 Å². The number of benzene rings is 4. The number of halogens is 1. The lowest BCUT2D eigenvalue weighted by molar-refractivity contribution is 0.414. The van der Waals surface area contributed by atoms with Gasteiger partial charge in [0.15, 0.2) is 0 Å². The number of methoxy groups -OCH3 is 1. The van der Waals surface area contributed by atoms with Gasteiger partial charge in [0.1, 0.15) is 5.75 Å². The van der Waals surface area contributed by atoms with Crippen molar-refractivity contribution in [1.29, 1.82) is 0 Å². The maximum Gasteiger partial charge on any atom is 0.247 e. The summed E-state index contributed by atoms with van der Waals surface area (Å²) in [5, 5.41) is 8.30. The molecular weight excluding hydrogens is 558 g/mol. The number of rotatable bonds is 7.